The third kappa shape index (κ3) is 5.45. The summed E-state index contributed by atoms with van der Waals surface area (Å²) in [5.74, 6) is 0.413. The SMILES string of the molecule is CCC(C(=O)NC1CCN(Cc2ccccn2)CC1)n1nnc(-c2ccc(Cl)cc2)n1. The number of aromatic nitrogens is 5. The summed E-state index contributed by atoms with van der Waals surface area (Å²) in [6.07, 6.45) is 4.23. The molecule has 1 aromatic carbocycles. The van der Waals surface area contributed by atoms with Crippen LogP contribution in [0, 0.1) is 0 Å². The van der Waals surface area contributed by atoms with Crippen molar-refractivity contribution in [1.82, 2.24) is 35.4 Å². The van der Waals surface area contributed by atoms with Crippen LogP contribution in [0.2, 0.25) is 5.02 Å². The highest BCUT2D eigenvalue weighted by molar-refractivity contribution is 6.30. The van der Waals surface area contributed by atoms with E-state index in [-0.39, 0.29) is 11.9 Å². The van der Waals surface area contributed by atoms with Crippen LogP contribution in [0.15, 0.2) is 48.7 Å². The Morgan fingerprint density at radius 3 is 2.65 bits per heavy atom. The number of tetrazole rings is 1. The maximum Gasteiger partial charge on any atom is 0.247 e. The highest BCUT2D eigenvalue weighted by Gasteiger charge is 2.26. The number of carbonyl (C=O) groups is 1. The maximum absolute atomic E-state index is 12.9. The van der Waals surface area contributed by atoms with E-state index in [2.05, 4.69) is 30.6 Å². The summed E-state index contributed by atoms with van der Waals surface area (Å²) in [6, 6.07) is 12.9. The summed E-state index contributed by atoms with van der Waals surface area (Å²) < 4.78 is 0. The lowest BCUT2D eigenvalue weighted by Gasteiger charge is -2.32. The van der Waals surface area contributed by atoms with Gasteiger partial charge in [0, 0.05) is 42.5 Å². The van der Waals surface area contributed by atoms with Crippen molar-refractivity contribution in [2.45, 2.75) is 44.8 Å². The van der Waals surface area contributed by atoms with E-state index < -0.39 is 6.04 Å². The number of carbonyl (C=O) groups excluding carboxylic acids is 1. The maximum atomic E-state index is 12.9. The third-order valence-corrected chi connectivity index (χ3v) is 5.80. The molecule has 3 aromatic rings. The molecule has 1 fully saturated rings. The average Bonchev–Trinajstić information content (AvgIpc) is 3.26. The predicted octanol–water partition coefficient (Wildman–Crippen LogP) is 3.12. The van der Waals surface area contributed by atoms with Gasteiger partial charge < -0.3 is 5.32 Å². The zero-order valence-corrected chi connectivity index (χ0v) is 18.2. The van der Waals surface area contributed by atoms with Gasteiger partial charge in [0.25, 0.3) is 0 Å². The van der Waals surface area contributed by atoms with Crippen LogP contribution in [0.5, 0.6) is 0 Å². The Kier molecular flexibility index (Phi) is 6.89. The quantitative estimate of drug-likeness (QED) is 0.608. The van der Waals surface area contributed by atoms with E-state index in [0.717, 1.165) is 43.7 Å². The fourth-order valence-corrected chi connectivity index (χ4v) is 3.90. The molecule has 4 rings (SSSR count). The minimum absolute atomic E-state index is 0.0641. The lowest BCUT2D eigenvalue weighted by molar-refractivity contribution is -0.126. The van der Waals surface area contributed by atoms with Gasteiger partial charge in [-0.05, 0) is 60.9 Å². The predicted molar refractivity (Wildman–Crippen MR) is 118 cm³/mol. The van der Waals surface area contributed by atoms with E-state index >= 15 is 0 Å². The average molecular weight is 440 g/mol. The van der Waals surface area contributed by atoms with Crippen molar-refractivity contribution in [3.05, 3.63) is 59.4 Å². The second kappa shape index (κ2) is 9.98. The molecule has 0 saturated carbocycles. The van der Waals surface area contributed by atoms with Crippen LogP contribution in [-0.4, -0.2) is 55.1 Å². The van der Waals surface area contributed by atoms with Crippen molar-refractivity contribution >= 4 is 17.5 Å². The number of halogens is 1. The zero-order valence-electron chi connectivity index (χ0n) is 17.5. The van der Waals surface area contributed by atoms with Gasteiger partial charge in [-0.15, -0.1) is 10.2 Å². The van der Waals surface area contributed by atoms with Gasteiger partial charge in [-0.3, -0.25) is 14.7 Å². The molecule has 1 aliphatic rings. The highest BCUT2D eigenvalue weighted by atomic mass is 35.5. The Bertz CT molecular complexity index is 985. The first-order valence-electron chi connectivity index (χ1n) is 10.6. The molecule has 9 heteroatoms. The van der Waals surface area contributed by atoms with Crippen molar-refractivity contribution in [2.24, 2.45) is 0 Å². The van der Waals surface area contributed by atoms with Gasteiger partial charge in [0.15, 0.2) is 6.04 Å². The number of hydrogen-bond acceptors (Lipinski definition) is 6. The molecule has 0 aliphatic carbocycles. The molecule has 31 heavy (non-hydrogen) atoms. The third-order valence-electron chi connectivity index (χ3n) is 5.54. The summed E-state index contributed by atoms with van der Waals surface area (Å²) >= 11 is 5.94. The van der Waals surface area contributed by atoms with Gasteiger partial charge in [-0.25, -0.2) is 0 Å². The van der Waals surface area contributed by atoms with Crippen molar-refractivity contribution < 1.29 is 4.79 Å². The molecule has 1 saturated heterocycles. The van der Waals surface area contributed by atoms with Gasteiger partial charge in [0.05, 0.1) is 5.69 Å². The molecule has 0 radical (unpaired) electrons. The molecular weight excluding hydrogens is 414 g/mol. The normalized spacial score (nSPS) is 16.2. The smallest absolute Gasteiger partial charge is 0.247 e. The fourth-order valence-electron chi connectivity index (χ4n) is 3.78. The van der Waals surface area contributed by atoms with Crippen LogP contribution in [0.25, 0.3) is 11.4 Å². The molecule has 162 valence electrons. The molecule has 2 aromatic heterocycles. The van der Waals surface area contributed by atoms with Crippen molar-refractivity contribution in [3.63, 3.8) is 0 Å². The number of piperidine rings is 1. The molecule has 0 spiro atoms. The lowest BCUT2D eigenvalue weighted by Crippen LogP contribution is -2.46. The van der Waals surface area contributed by atoms with Crippen LogP contribution in [0.4, 0.5) is 0 Å². The highest BCUT2D eigenvalue weighted by Crippen LogP contribution is 2.19. The first-order valence-corrected chi connectivity index (χ1v) is 11.0. The van der Waals surface area contributed by atoms with Crippen molar-refractivity contribution in [3.8, 4) is 11.4 Å². The molecule has 1 N–H and O–H groups in total. The van der Waals surface area contributed by atoms with Gasteiger partial charge in [0.2, 0.25) is 11.7 Å². The molecule has 1 amide bonds. The second-order valence-electron chi connectivity index (χ2n) is 7.74. The van der Waals surface area contributed by atoms with Gasteiger partial charge in [0.1, 0.15) is 0 Å². The fraction of sp³-hybridized carbons (Fsp3) is 0.409. The topological polar surface area (TPSA) is 88.8 Å². The standard InChI is InChI=1S/C22H26ClN7O/c1-2-20(30-27-21(26-28-30)16-6-8-17(23)9-7-16)22(31)25-18-10-13-29(14-11-18)15-19-5-3-4-12-24-19/h3-9,12,18,20H,2,10-11,13-15H2,1H3,(H,25,31). The monoisotopic (exact) mass is 439 g/mol. The molecule has 8 nitrogen and oxygen atoms in total. The van der Waals surface area contributed by atoms with Crippen LogP contribution in [0.3, 0.4) is 0 Å². The number of rotatable bonds is 7. The lowest BCUT2D eigenvalue weighted by atomic mass is 10.0. The zero-order chi connectivity index (χ0) is 21.6. The number of hydrogen-bond donors (Lipinski definition) is 1. The Labute approximate surface area is 186 Å². The Morgan fingerprint density at radius 1 is 1.19 bits per heavy atom. The number of benzene rings is 1. The Morgan fingerprint density at radius 2 is 1.97 bits per heavy atom. The van der Waals surface area contributed by atoms with E-state index in [4.69, 9.17) is 11.6 Å². The van der Waals surface area contributed by atoms with Crippen LogP contribution >= 0.6 is 11.6 Å². The Balaban J connectivity index is 1.32. The first-order chi connectivity index (χ1) is 15.1. The van der Waals surface area contributed by atoms with Crippen LogP contribution < -0.4 is 5.32 Å². The van der Waals surface area contributed by atoms with E-state index in [1.807, 2.05) is 43.5 Å². The number of nitrogens with one attached hydrogen (secondary N) is 1. The molecule has 1 aliphatic heterocycles. The number of pyridine rings is 1. The van der Waals surface area contributed by atoms with E-state index in [1.54, 1.807) is 12.1 Å². The summed E-state index contributed by atoms with van der Waals surface area (Å²) in [7, 11) is 0. The first kappa shape index (κ1) is 21.4. The van der Waals surface area contributed by atoms with Crippen LogP contribution in [0.1, 0.15) is 37.9 Å². The van der Waals surface area contributed by atoms with Gasteiger partial charge >= 0.3 is 0 Å². The summed E-state index contributed by atoms with van der Waals surface area (Å²) in [5, 5.41) is 16.5. The molecule has 0 bridgehead atoms. The number of nitrogens with zero attached hydrogens (tertiary/aromatic N) is 6. The van der Waals surface area contributed by atoms with Crippen molar-refractivity contribution in [2.75, 3.05) is 13.1 Å². The van der Waals surface area contributed by atoms with Crippen molar-refractivity contribution in [1.29, 1.82) is 0 Å². The minimum Gasteiger partial charge on any atom is -0.351 e. The number of likely N-dealkylation sites (tertiary alicyclic amines) is 1. The summed E-state index contributed by atoms with van der Waals surface area (Å²) in [6.45, 7) is 4.65. The molecular formula is C22H26ClN7O. The van der Waals surface area contributed by atoms with E-state index in [0.29, 0.717) is 17.3 Å². The minimum atomic E-state index is -0.486. The largest absolute Gasteiger partial charge is 0.351 e. The molecule has 1 unspecified atom stereocenters. The van der Waals surface area contributed by atoms with E-state index in [1.165, 1.54) is 4.80 Å². The summed E-state index contributed by atoms with van der Waals surface area (Å²) in [5.41, 5.74) is 1.89. The summed E-state index contributed by atoms with van der Waals surface area (Å²) in [4.78, 5) is 21.1. The number of amides is 1. The Hall–Kier alpha value is -2.84. The molecule has 3 heterocycles. The van der Waals surface area contributed by atoms with Crippen LogP contribution in [-0.2, 0) is 11.3 Å². The second-order valence-corrected chi connectivity index (χ2v) is 8.18. The van der Waals surface area contributed by atoms with Gasteiger partial charge in [-0.1, -0.05) is 24.6 Å². The van der Waals surface area contributed by atoms with E-state index in [9.17, 15) is 4.79 Å². The van der Waals surface area contributed by atoms with Gasteiger partial charge in [-0.2, -0.15) is 4.80 Å². The molecule has 1 atom stereocenters.